The fourth-order valence-corrected chi connectivity index (χ4v) is 4.34. The standard InChI is InChI=1S/C19H23N3O2/c1-12-4-3-5-14-15(10-21(2)17(12)14)18(23)19(24)20-16-11-22-8-6-13(16)7-9-22/h3-5,10,13,16H,6-9,11H2,1-2H3,(H,20,24)/t16-/m1/s1. The first-order valence-electron chi connectivity index (χ1n) is 8.67. The highest BCUT2D eigenvalue weighted by Gasteiger charge is 2.36. The molecule has 1 N–H and O–H groups in total. The number of Topliss-reactive ketones (excluding diaryl/α,β-unsaturated/α-hetero) is 1. The molecule has 5 nitrogen and oxygen atoms in total. The number of ketones is 1. The van der Waals surface area contributed by atoms with Gasteiger partial charge in [-0.3, -0.25) is 9.59 Å². The molecule has 3 aliphatic rings. The first-order chi connectivity index (χ1) is 11.5. The zero-order valence-corrected chi connectivity index (χ0v) is 14.2. The number of nitrogens with one attached hydrogen (secondary N) is 1. The van der Waals surface area contributed by atoms with Gasteiger partial charge in [-0.1, -0.05) is 18.2 Å². The molecule has 1 atom stereocenters. The lowest BCUT2D eigenvalue weighted by Crippen LogP contribution is -2.58. The number of hydrogen-bond donors (Lipinski definition) is 1. The minimum absolute atomic E-state index is 0.112. The maximum Gasteiger partial charge on any atom is 0.292 e. The van der Waals surface area contributed by atoms with Crippen LogP contribution in [0.25, 0.3) is 10.9 Å². The summed E-state index contributed by atoms with van der Waals surface area (Å²) in [6.45, 7) is 5.13. The Hall–Kier alpha value is -2.14. The predicted octanol–water partition coefficient (Wildman–Crippen LogP) is 1.88. The van der Waals surface area contributed by atoms with Crippen LogP contribution in [-0.2, 0) is 11.8 Å². The Bertz CT molecular complexity index is 815. The van der Waals surface area contributed by atoms with Gasteiger partial charge < -0.3 is 14.8 Å². The van der Waals surface area contributed by atoms with Gasteiger partial charge in [0.05, 0.1) is 11.1 Å². The minimum atomic E-state index is -0.470. The van der Waals surface area contributed by atoms with Crippen LogP contribution in [0.15, 0.2) is 24.4 Å². The van der Waals surface area contributed by atoms with Gasteiger partial charge in [0.25, 0.3) is 11.7 Å². The summed E-state index contributed by atoms with van der Waals surface area (Å²) in [5.41, 5.74) is 2.61. The molecule has 1 aromatic heterocycles. The third-order valence-electron chi connectivity index (χ3n) is 5.63. The Morgan fingerprint density at radius 2 is 1.96 bits per heavy atom. The molecule has 3 fully saturated rings. The van der Waals surface area contributed by atoms with Gasteiger partial charge in [-0.05, 0) is 44.3 Å². The van der Waals surface area contributed by atoms with Gasteiger partial charge in [0.1, 0.15) is 0 Å². The summed E-state index contributed by atoms with van der Waals surface area (Å²) >= 11 is 0. The molecular weight excluding hydrogens is 302 g/mol. The first-order valence-corrected chi connectivity index (χ1v) is 8.67. The van der Waals surface area contributed by atoms with Crippen molar-refractivity contribution >= 4 is 22.6 Å². The van der Waals surface area contributed by atoms with Crippen LogP contribution in [0, 0.1) is 12.8 Å². The van der Waals surface area contributed by atoms with E-state index in [9.17, 15) is 9.59 Å². The normalized spacial score (nSPS) is 25.8. The molecule has 0 unspecified atom stereocenters. The van der Waals surface area contributed by atoms with Crippen molar-refractivity contribution in [2.75, 3.05) is 19.6 Å². The number of aromatic nitrogens is 1. The summed E-state index contributed by atoms with van der Waals surface area (Å²) < 4.78 is 1.93. The minimum Gasteiger partial charge on any atom is -0.350 e. The van der Waals surface area contributed by atoms with E-state index in [1.54, 1.807) is 6.20 Å². The van der Waals surface area contributed by atoms with Gasteiger partial charge in [-0.15, -0.1) is 0 Å². The van der Waals surface area contributed by atoms with E-state index in [4.69, 9.17) is 0 Å². The molecule has 3 saturated heterocycles. The number of benzene rings is 1. The number of piperidine rings is 3. The van der Waals surface area contributed by atoms with Crippen molar-refractivity contribution in [2.24, 2.45) is 13.0 Å². The number of nitrogens with zero attached hydrogens (tertiary/aromatic N) is 2. The number of para-hydroxylation sites is 1. The summed E-state index contributed by atoms with van der Waals surface area (Å²) in [4.78, 5) is 27.6. The Morgan fingerprint density at radius 1 is 1.21 bits per heavy atom. The van der Waals surface area contributed by atoms with E-state index in [2.05, 4.69) is 10.2 Å². The van der Waals surface area contributed by atoms with Gasteiger partial charge in [-0.25, -0.2) is 0 Å². The average molecular weight is 325 g/mol. The topological polar surface area (TPSA) is 54.3 Å². The van der Waals surface area contributed by atoms with Crippen LogP contribution in [0.4, 0.5) is 0 Å². The summed E-state index contributed by atoms with van der Waals surface area (Å²) in [5, 5.41) is 3.85. The molecule has 1 aromatic carbocycles. The highest BCUT2D eigenvalue weighted by Crippen LogP contribution is 2.28. The number of carbonyl (C=O) groups is 2. The number of carbonyl (C=O) groups excluding carboxylic acids is 2. The SMILES string of the molecule is Cc1cccc2c(C(=O)C(=O)N[C@@H]3CN4CCC3CC4)cn(C)c12. The Balaban J connectivity index is 1.58. The highest BCUT2D eigenvalue weighted by atomic mass is 16.2. The Kier molecular flexibility index (Phi) is 3.68. The molecule has 0 radical (unpaired) electrons. The fourth-order valence-electron chi connectivity index (χ4n) is 4.34. The van der Waals surface area contributed by atoms with E-state index in [1.165, 1.54) is 0 Å². The van der Waals surface area contributed by atoms with Crippen molar-refractivity contribution in [1.29, 1.82) is 0 Å². The van der Waals surface area contributed by atoms with Crippen LogP contribution in [0.2, 0.25) is 0 Å². The monoisotopic (exact) mass is 325 g/mol. The van der Waals surface area contributed by atoms with Gasteiger partial charge >= 0.3 is 0 Å². The lowest BCUT2D eigenvalue weighted by molar-refractivity contribution is -0.119. The largest absolute Gasteiger partial charge is 0.350 e. The average Bonchev–Trinajstić information content (AvgIpc) is 2.93. The van der Waals surface area contributed by atoms with Crippen molar-refractivity contribution in [2.45, 2.75) is 25.8 Å². The Morgan fingerprint density at radius 3 is 2.62 bits per heavy atom. The van der Waals surface area contributed by atoms with Crippen molar-refractivity contribution < 1.29 is 9.59 Å². The van der Waals surface area contributed by atoms with Crippen LogP contribution in [-0.4, -0.2) is 46.8 Å². The van der Waals surface area contributed by atoms with Gasteiger partial charge in [0, 0.05) is 31.2 Å². The fraction of sp³-hybridized carbons (Fsp3) is 0.474. The molecule has 5 heteroatoms. The van der Waals surface area contributed by atoms with Crippen LogP contribution in [0.5, 0.6) is 0 Å². The van der Waals surface area contributed by atoms with E-state index >= 15 is 0 Å². The molecule has 4 heterocycles. The molecule has 5 rings (SSSR count). The number of amides is 1. The molecule has 2 aromatic rings. The van der Waals surface area contributed by atoms with Crippen LogP contribution in [0.3, 0.4) is 0 Å². The molecule has 0 saturated carbocycles. The molecule has 1 amide bonds. The van der Waals surface area contributed by atoms with E-state index < -0.39 is 11.7 Å². The van der Waals surface area contributed by atoms with Crippen molar-refractivity contribution in [3.05, 3.63) is 35.5 Å². The zero-order valence-electron chi connectivity index (χ0n) is 14.2. The number of aryl methyl sites for hydroxylation is 2. The van der Waals surface area contributed by atoms with E-state index in [0.717, 1.165) is 48.9 Å². The third-order valence-corrected chi connectivity index (χ3v) is 5.63. The van der Waals surface area contributed by atoms with Crippen LogP contribution < -0.4 is 5.32 Å². The second-order valence-electron chi connectivity index (χ2n) is 7.17. The molecule has 24 heavy (non-hydrogen) atoms. The van der Waals surface area contributed by atoms with Gasteiger partial charge in [0.2, 0.25) is 0 Å². The summed E-state index contributed by atoms with van der Waals surface area (Å²) in [6, 6.07) is 5.97. The van der Waals surface area contributed by atoms with Crippen LogP contribution >= 0.6 is 0 Å². The quantitative estimate of drug-likeness (QED) is 0.692. The molecule has 0 spiro atoms. The molecular formula is C19H23N3O2. The van der Waals surface area contributed by atoms with E-state index in [1.807, 2.05) is 36.7 Å². The number of fused-ring (bicyclic) bond motifs is 4. The summed E-state index contributed by atoms with van der Waals surface area (Å²) in [5.74, 6) is -0.382. The predicted molar refractivity (Wildman–Crippen MR) is 93.1 cm³/mol. The molecule has 0 aliphatic carbocycles. The van der Waals surface area contributed by atoms with Crippen molar-refractivity contribution in [1.82, 2.24) is 14.8 Å². The first kappa shape index (κ1) is 15.4. The van der Waals surface area contributed by atoms with Crippen molar-refractivity contribution in [3.63, 3.8) is 0 Å². The second kappa shape index (κ2) is 5.74. The molecule has 126 valence electrons. The number of rotatable bonds is 3. The van der Waals surface area contributed by atoms with Gasteiger partial charge in [-0.2, -0.15) is 0 Å². The molecule has 2 bridgehead atoms. The number of hydrogen-bond acceptors (Lipinski definition) is 3. The summed E-state index contributed by atoms with van der Waals surface area (Å²) in [6.07, 6.45) is 4.01. The lowest BCUT2D eigenvalue weighted by atomic mass is 9.84. The van der Waals surface area contributed by atoms with E-state index in [0.29, 0.717) is 11.5 Å². The third kappa shape index (κ3) is 2.44. The van der Waals surface area contributed by atoms with E-state index in [-0.39, 0.29) is 6.04 Å². The van der Waals surface area contributed by atoms with Crippen molar-refractivity contribution in [3.8, 4) is 0 Å². The lowest BCUT2D eigenvalue weighted by Gasteiger charge is -2.44. The maximum absolute atomic E-state index is 12.7. The second-order valence-corrected chi connectivity index (χ2v) is 7.17. The zero-order chi connectivity index (χ0) is 16.8. The van der Waals surface area contributed by atoms with Gasteiger partial charge in [0.15, 0.2) is 0 Å². The van der Waals surface area contributed by atoms with Crippen LogP contribution in [0.1, 0.15) is 28.8 Å². The maximum atomic E-state index is 12.7. The highest BCUT2D eigenvalue weighted by molar-refractivity contribution is 6.45. The Labute approximate surface area is 141 Å². The smallest absolute Gasteiger partial charge is 0.292 e. The molecule has 3 aliphatic heterocycles. The summed E-state index contributed by atoms with van der Waals surface area (Å²) in [7, 11) is 1.91.